The predicted molar refractivity (Wildman–Crippen MR) is 96.8 cm³/mol. The summed E-state index contributed by atoms with van der Waals surface area (Å²) in [6, 6.07) is 12.4. The Morgan fingerprint density at radius 2 is 1.54 bits per heavy atom. The lowest BCUT2D eigenvalue weighted by Crippen LogP contribution is -2.10. The lowest BCUT2D eigenvalue weighted by Gasteiger charge is -2.11. The van der Waals surface area contributed by atoms with Crippen molar-refractivity contribution < 1.29 is 26.3 Å². The van der Waals surface area contributed by atoms with Crippen molar-refractivity contribution in [2.45, 2.75) is 18.0 Å². The maximum Gasteiger partial charge on any atom is 0.433 e. The van der Waals surface area contributed by atoms with Crippen LogP contribution in [0, 0.1) is 6.92 Å². The number of rotatable bonds is 4. The highest BCUT2D eigenvalue weighted by Gasteiger charge is 2.34. The molecular formula is C19H15F3N2O3S. The van der Waals surface area contributed by atoms with Crippen molar-refractivity contribution >= 4 is 9.84 Å². The molecule has 0 aliphatic heterocycles. The molecule has 0 bridgehead atoms. The van der Waals surface area contributed by atoms with Gasteiger partial charge in [-0.05, 0) is 37.3 Å². The number of ether oxygens (including phenoxy) is 1. The molecule has 0 fully saturated rings. The summed E-state index contributed by atoms with van der Waals surface area (Å²) in [5.41, 5.74) is 0.0642. The van der Waals surface area contributed by atoms with Crippen LogP contribution in [0.3, 0.4) is 0 Å². The van der Waals surface area contributed by atoms with Gasteiger partial charge in [-0.1, -0.05) is 29.8 Å². The Bertz CT molecular complexity index is 1090. The smallest absolute Gasteiger partial charge is 0.424 e. The van der Waals surface area contributed by atoms with Crippen molar-refractivity contribution in [1.82, 2.24) is 9.97 Å². The first-order chi connectivity index (χ1) is 13.0. The Morgan fingerprint density at radius 1 is 0.929 bits per heavy atom. The molecule has 0 saturated heterocycles. The molecule has 1 aromatic heterocycles. The summed E-state index contributed by atoms with van der Waals surface area (Å²) in [7, 11) is -3.42. The van der Waals surface area contributed by atoms with Gasteiger partial charge in [0.25, 0.3) is 0 Å². The number of aryl methyl sites for hydroxylation is 1. The zero-order chi connectivity index (χ0) is 20.5. The second-order valence-electron chi connectivity index (χ2n) is 6.13. The summed E-state index contributed by atoms with van der Waals surface area (Å²) in [6.45, 7) is 1.86. The first-order valence-electron chi connectivity index (χ1n) is 8.04. The number of halogens is 3. The average molecular weight is 408 g/mol. The molecule has 0 radical (unpaired) electrons. The highest BCUT2D eigenvalue weighted by atomic mass is 32.2. The molecule has 0 unspecified atom stereocenters. The van der Waals surface area contributed by atoms with Crippen molar-refractivity contribution in [2.75, 3.05) is 6.26 Å². The van der Waals surface area contributed by atoms with E-state index in [0.717, 1.165) is 17.9 Å². The van der Waals surface area contributed by atoms with Crippen LogP contribution < -0.4 is 4.74 Å². The number of nitrogens with zero attached hydrogens (tertiary/aromatic N) is 2. The van der Waals surface area contributed by atoms with E-state index in [9.17, 15) is 21.6 Å². The van der Waals surface area contributed by atoms with Crippen LogP contribution in [-0.2, 0) is 16.0 Å². The molecule has 0 aliphatic carbocycles. The molecule has 28 heavy (non-hydrogen) atoms. The molecule has 5 nitrogen and oxygen atoms in total. The first-order valence-corrected chi connectivity index (χ1v) is 9.93. The normalized spacial score (nSPS) is 12.0. The quantitative estimate of drug-likeness (QED) is 0.628. The maximum absolute atomic E-state index is 13.3. The minimum absolute atomic E-state index is 0.0375. The van der Waals surface area contributed by atoms with Crippen LogP contribution in [0.2, 0.25) is 0 Å². The Hall–Kier alpha value is -2.94. The summed E-state index contributed by atoms with van der Waals surface area (Å²) < 4.78 is 68.2. The second kappa shape index (κ2) is 7.23. The maximum atomic E-state index is 13.3. The molecule has 0 atom stereocenters. The molecular weight excluding hydrogens is 393 g/mol. The van der Waals surface area contributed by atoms with Crippen molar-refractivity contribution in [2.24, 2.45) is 0 Å². The summed E-state index contributed by atoms with van der Waals surface area (Å²) in [4.78, 5) is 7.55. The largest absolute Gasteiger partial charge is 0.433 e. The Kier molecular flexibility index (Phi) is 5.12. The van der Waals surface area contributed by atoms with Gasteiger partial charge in [0.15, 0.2) is 15.5 Å². The summed E-state index contributed by atoms with van der Waals surface area (Å²) in [6.07, 6.45) is -3.66. The molecule has 0 N–H and O–H groups in total. The van der Waals surface area contributed by atoms with Crippen molar-refractivity contribution in [3.8, 4) is 23.0 Å². The number of sulfone groups is 1. The summed E-state index contributed by atoms with van der Waals surface area (Å²) >= 11 is 0. The van der Waals surface area contributed by atoms with Crippen LogP contribution in [0.4, 0.5) is 13.2 Å². The van der Waals surface area contributed by atoms with Gasteiger partial charge in [0.05, 0.1) is 10.6 Å². The highest BCUT2D eigenvalue weighted by molar-refractivity contribution is 7.90. The third-order valence-corrected chi connectivity index (χ3v) is 4.93. The number of benzene rings is 2. The molecule has 0 aliphatic rings. The van der Waals surface area contributed by atoms with Gasteiger partial charge in [-0.15, -0.1) is 0 Å². The fraction of sp³-hybridized carbons (Fsp3) is 0.158. The van der Waals surface area contributed by atoms with Gasteiger partial charge >= 0.3 is 12.2 Å². The molecule has 0 spiro atoms. The van der Waals surface area contributed by atoms with Crippen LogP contribution in [0.5, 0.6) is 11.8 Å². The zero-order valence-corrected chi connectivity index (χ0v) is 15.7. The van der Waals surface area contributed by atoms with Crippen LogP contribution >= 0.6 is 0 Å². The van der Waals surface area contributed by atoms with Crippen molar-refractivity contribution in [3.05, 3.63) is 65.9 Å². The topological polar surface area (TPSA) is 69.2 Å². The molecule has 0 amide bonds. The Labute approximate surface area is 159 Å². The minimum Gasteiger partial charge on any atom is -0.424 e. The van der Waals surface area contributed by atoms with Gasteiger partial charge in [0.1, 0.15) is 5.75 Å². The van der Waals surface area contributed by atoms with Gasteiger partial charge in [-0.25, -0.2) is 8.42 Å². The van der Waals surface area contributed by atoms with Gasteiger partial charge < -0.3 is 4.74 Å². The Morgan fingerprint density at radius 3 is 2.07 bits per heavy atom. The summed E-state index contributed by atoms with van der Waals surface area (Å²) in [5.74, 6) is 0.295. The van der Waals surface area contributed by atoms with Gasteiger partial charge in [-0.2, -0.15) is 23.1 Å². The fourth-order valence-corrected chi connectivity index (χ4v) is 2.98. The lowest BCUT2D eigenvalue weighted by atomic mass is 10.1. The third kappa shape index (κ3) is 4.66. The molecule has 3 rings (SSSR count). The fourth-order valence-electron chi connectivity index (χ4n) is 2.35. The van der Waals surface area contributed by atoms with E-state index in [0.29, 0.717) is 11.3 Å². The van der Waals surface area contributed by atoms with Gasteiger partial charge in [-0.3, -0.25) is 0 Å². The van der Waals surface area contributed by atoms with Crippen LogP contribution in [0.15, 0.2) is 59.5 Å². The molecule has 1 heterocycles. The van der Waals surface area contributed by atoms with E-state index in [1.165, 1.54) is 24.3 Å². The average Bonchev–Trinajstić information content (AvgIpc) is 2.62. The van der Waals surface area contributed by atoms with Crippen LogP contribution in [0.1, 0.15) is 11.3 Å². The predicted octanol–water partition coefficient (Wildman–Crippen LogP) is 4.67. The van der Waals surface area contributed by atoms with E-state index in [4.69, 9.17) is 4.74 Å². The molecule has 2 aromatic carbocycles. The van der Waals surface area contributed by atoms with E-state index >= 15 is 0 Å². The highest BCUT2D eigenvalue weighted by Crippen LogP contribution is 2.32. The standard InChI is InChI=1S/C19H15F3N2O3S/c1-12-3-7-14(8-4-12)27-18-23-16(11-17(24-18)19(20,21)22)13-5-9-15(10-6-13)28(2,25)26/h3-11H,1-2H3. The number of hydrogen-bond donors (Lipinski definition) is 0. The third-order valence-electron chi connectivity index (χ3n) is 3.80. The molecule has 146 valence electrons. The number of alkyl halides is 3. The van der Waals surface area contributed by atoms with E-state index in [2.05, 4.69) is 9.97 Å². The van der Waals surface area contributed by atoms with E-state index in [1.54, 1.807) is 24.3 Å². The van der Waals surface area contributed by atoms with E-state index in [-0.39, 0.29) is 10.6 Å². The van der Waals surface area contributed by atoms with Crippen LogP contribution in [0.25, 0.3) is 11.3 Å². The Balaban J connectivity index is 2.04. The second-order valence-corrected chi connectivity index (χ2v) is 8.15. The molecule has 3 aromatic rings. The van der Waals surface area contributed by atoms with Gasteiger partial charge in [0.2, 0.25) is 0 Å². The lowest BCUT2D eigenvalue weighted by molar-refractivity contribution is -0.141. The molecule has 9 heteroatoms. The van der Waals surface area contributed by atoms with Gasteiger partial charge in [0, 0.05) is 11.8 Å². The first kappa shape index (κ1) is 19.8. The number of aromatic nitrogens is 2. The summed E-state index contributed by atoms with van der Waals surface area (Å²) in [5, 5.41) is 0. The van der Waals surface area contributed by atoms with E-state index < -0.39 is 27.7 Å². The SMILES string of the molecule is Cc1ccc(Oc2nc(-c3ccc(S(C)(=O)=O)cc3)cc(C(F)(F)F)n2)cc1. The van der Waals surface area contributed by atoms with Crippen LogP contribution in [-0.4, -0.2) is 24.6 Å². The number of hydrogen-bond acceptors (Lipinski definition) is 5. The van der Waals surface area contributed by atoms with Crippen molar-refractivity contribution in [1.29, 1.82) is 0 Å². The van der Waals surface area contributed by atoms with Crippen molar-refractivity contribution in [3.63, 3.8) is 0 Å². The van der Waals surface area contributed by atoms with E-state index in [1.807, 2.05) is 6.92 Å². The minimum atomic E-state index is -4.70. The monoisotopic (exact) mass is 408 g/mol. The zero-order valence-electron chi connectivity index (χ0n) is 14.9. The molecule has 0 saturated carbocycles.